The molecule has 0 unspecified atom stereocenters. The zero-order valence-corrected chi connectivity index (χ0v) is 16.0. The van der Waals surface area contributed by atoms with Crippen LogP contribution in [-0.2, 0) is 13.0 Å². The lowest BCUT2D eigenvalue weighted by Gasteiger charge is -2.21. The molecule has 0 amide bonds. The van der Waals surface area contributed by atoms with Gasteiger partial charge in [0.2, 0.25) is 0 Å². The highest BCUT2D eigenvalue weighted by Crippen LogP contribution is 2.33. The predicted molar refractivity (Wildman–Crippen MR) is 103 cm³/mol. The zero-order valence-electron chi connectivity index (χ0n) is 15.2. The van der Waals surface area contributed by atoms with Crippen LogP contribution in [0.5, 0.6) is 11.5 Å². The third-order valence-electron chi connectivity index (χ3n) is 4.82. The Morgan fingerprint density at radius 3 is 2.54 bits per heavy atom. The van der Waals surface area contributed by atoms with E-state index < -0.39 is 0 Å². The van der Waals surface area contributed by atoms with Crippen LogP contribution in [0, 0.1) is 5.82 Å². The van der Waals surface area contributed by atoms with Crippen LogP contribution in [0.15, 0.2) is 36.4 Å². The predicted octanol–water partition coefficient (Wildman–Crippen LogP) is 4.42. The van der Waals surface area contributed by atoms with Gasteiger partial charge < -0.3 is 9.47 Å². The summed E-state index contributed by atoms with van der Waals surface area (Å²) in [6, 6.07) is 11.0. The first-order chi connectivity index (χ1) is 12.7. The molecule has 0 N–H and O–H groups in total. The normalized spacial score (nSPS) is 13.5. The number of methoxy groups -OCH3 is 2. The van der Waals surface area contributed by atoms with Crippen LogP contribution in [0.2, 0.25) is 0 Å². The van der Waals surface area contributed by atoms with Crippen LogP contribution in [0.25, 0.3) is 0 Å². The van der Waals surface area contributed by atoms with Gasteiger partial charge in [-0.05, 0) is 36.2 Å². The minimum Gasteiger partial charge on any atom is -0.493 e. The molecular formula is C21H24ClFNO2+. The molecule has 26 heavy (non-hydrogen) atoms. The molecular weight excluding hydrogens is 353 g/mol. The minimum atomic E-state index is -0.165. The summed E-state index contributed by atoms with van der Waals surface area (Å²) >= 11 is 5.95. The lowest BCUT2D eigenvalue weighted by atomic mass is 9.93. The molecule has 0 fully saturated rings. The molecule has 0 bridgehead atoms. The largest absolute Gasteiger partial charge is 0.493 e. The second-order valence-corrected chi connectivity index (χ2v) is 6.74. The van der Waals surface area contributed by atoms with Gasteiger partial charge in [-0.25, -0.2) is 8.97 Å². The molecule has 138 valence electrons. The van der Waals surface area contributed by atoms with E-state index in [1.165, 1.54) is 17.3 Å². The molecule has 0 atom stereocenters. The Balaban J connectivity index is 2.05. The minimum absolute atomic E-state index is 0.165. The van der Waals surface area contributed by atoms with E-state index in [1.54, 1.807) is 20.3 Å². The molecule has 1 heterocycles. The number of ether oxygens (including phenoxy) is 2. The zero-order chi connectivity index (χ0) is 18.5. The number of halogens is 2. The number of nitrogens with zero attached hydrogens (tertiary/aromatic N) is 1. The lowest BCUT2D eigenvalue weighted by Crippen LogP contribution is -2.30. The van der Waals surface area contributed by atoms with Gasteiger partial charge in [-0.3, -0.25) is 0 Å². The van der Waals surface area contributed by atoms with Gasteiger partial charge in [-0.15, -0.1) is 11.6 Å². The summed E-state index contributed by atoms with van der Waals surface area (Å²) in [6.45, 7) is 1.40. The molecule has 0 aliphatic carbocycles. The van der Waals surface area contributed by atoms with Gasteiger partial charge in [0.15, 0.2) is 23.8 Å². The highest BCUT2D eigenvalue weighted by Gasteiger charge is 2.28. The Morgan fingerprint density at radius 1 is 1.12 bits per heavy atom. The van der Waals surface area contributed by atoms with Crippen molar-refractivity contribution in [3.05, 3.63) is 58.9 Å². The molecule has 1 aliphatic heterocycles. The van der Waals surface area contributed by atoms with Crippen LogP contribution in [0.4, 0.5) is 4.39 Å². The highest BCUT2D eigenvalue weighted by atomic mass is 35.5. The van der Waals surface area contributed by atoms with Crippen molar-refractivity contribution in [1.29, 1.82) is 0 Å². The summed E-state index contributed by atoms with van der Waals surface area (Å²) in [4.78, 5) is 0. The Bertz CT molecular complexity index is 820. The van der Waals surface area contributed by atoms with Crippen molar-refractivity contribution >= 4 is 17.3 Å². The van der Waals surface area contributed by atoms with Gasteiger partial charge in [-0.1, -0.05) is 12.1 Å². The van der Waals surface area contributed by atoms with Crippen molar-refractivity contribution in [2.75, 3.05) is 26.6 Å². The van der Waals surface area contributed by atoms with E-state index in [0.717, 1.165) is 37.1 Å². The van der Waals surface area contributed by atoms with Crippen molar-refractivity contribution in [2.45, 2.75) is 25.8 Å². The maximum Gasteiger partial charge on any atom is 0.184 e. The quantitative estimate of drug-likeness (QED) is 0.527. The molecule has 5 heteroatoms. The molecule has 0 spiro atoms. The van der Waals surface area contributed by atoms with Gasteiger partial charge in [0, 0.05) is 24.3 Å². The third kappa shape index (κ3) is 3.85. The molecule has 1 aliphatic rings. The summed E-state index contributed by atoms with van der Waals surface area (Å²) < 4.78 is 27.3. The summed E-state index contributed by atoms with van der Waals surface area (Å²) in [7, 11) is 3.29. The van der Waals surface area contributed by atoms with E-state index >= 15 is 0 Å². The number of rotatable bonds is 7. The topological polar surface area (TPSA) is 21.5 Å². The number of hydrogen-bond donors (Lipinski definition) is 0. The Hall–Kier alpha value is -2.07. The van der Waals surface area contributed by atoms with Crippen molar-refractivity contribution in [3.63, 3.8) is 0 Å². The maximum atomic E-state index is 14.1. The second kappa shape index (κ2) is 8.54. The average Bonchev–Trinajstić information content (AvgIpc) is 2.67. The highest BCUT2D eigenvalue weighted by molar-refractivity contribution is 6.18. The molecule has 3 rings (SSSR count). The summed E-state index contributed by atoms with van der Waals surface area (Å²) in [6.07, 6.45) is 2.60. The maximum absolute atomic E-state index is 14.1. The SMILES string of the molecule is COc1cc2c(cc1OC)C(CCCCl)=[N+](Cc1ccccc1F)CC2. The average molecular weight is 377 g/mol. The van der Waals surface area contributed by atoms with Crippen molar-refractivity contribution in [2.24, 2.45) is 0 Å². The van der Waals surface area contributed by atoms with Crippen LogP contribution >= 0.6 is 11.6 Å². The summed E-state index contributed by atoms with van der Waals surface area (Å²) in [5.74, 6) is 1.88. The van der Waals surface area contributed by atoms with Gasteiger partial charge in [-0.2, -0.15) is 0 Å². The first kappa shape index (κ1) is 18.7. The molecule has 0 saturated heterocycles. The van der Waals surface area contributed by atoms with Gasteiger partial charge in [0.05, 0.1) is 19.8 Å². The van der Waals surface area contributed by atoms with Crippen molar-refractivity contribution in [3.8, 4) is 11.5 Å². The molecule has 0 saturated carbocycles. The van der Waals surface area contributed by atoms with E-state index in [9.17, 15) is 4.39 Å². The van der Waals surface area contributed by atoms with Crippen LogP contribution in [0.3, 0.4) is 0 Å². The van der Waals surface area contributed by atoms with E-state index in [0.29, 0.717) is 23.7 Å². The first-order valence-corrected chi connectivity index (χ1v) is 9.36. The third-order valence-corrected chi connectivity index (χ3v) is 5.09. The van der Waals surface area contributed by atoms with Crippen LogP contribution in [0.1, 0.15) is 29.5 Å². The van der Waals surface area contributed by atoms with Gasteiger partial charge in [0.25, 0.3) is 0 Å². The van der Waals surface area contributed by atoms with Gasteiger partial charge >= 0.3 is 0 Å². The van der Waals surface area contributed by atoms with E-state index in [4.69, 9.17) is 21.1 Å². The molecule has 2 aromatic carbocycles. The number of alkyl halides is 1. The summed E-state index contributed by atoms with van der Waals surface area (Å²) in [5.41, 5.74) is 4.28. The molecule has 0 radical (unpaired) electrons. The molecule has 0 aromatic heterocycles. The monoisotopic (exact) mass is 376 g/mol. The van der Waals surface area contributed by atoms with E-state index in [2.05, 4.69) is 10.6 Å². The fourth-order valence-corrected chi connectivity index (χ4v) is 3.62. The van der Waals surface area contributed by atoms with Crippen LogP contribution < -0.4 is 9.47 Å². The number of benzene rings is 2. The van der Waals surface area contributed by atoms with E-state index in [-0.39, 0.29) is 5.82 Å². The molecule has 2 aromatic rings. The van der Waals surface area contributed by atoms with Gasteiger partial charge in [0.1, 0.15) is 12.4 Å². The Labute approximate surface area is 159 Å². The van der Waals surface area contributed by atoms with Crippen LogP contribution in [-0.4, -0.2) is 36.9 Å². The molecule has 3 nitrogen and oxygen atoms in total. The smallest absolute Gasteiger partial charge is 0.184 e. The second-order valence-electron chi connectivity index (χ2n) is 6.37. The van der Waals surface area contributed by atoms with Crippen molar-refractivity contribution < 1.29 is 18.4 Å². The fraction of sp³-hybridized carbons (Fsp3) is 0.381. The Kier molecular flexibility index (Phi) is 6.15. The summed E-state index contributed by atoms with van der Waals surface area (Å²) in [5, 5.41) is 0. The number of hydrogen-bond acceptors (Lipinski definition) is 2. The van der Waals surface area contributed by atoms with Crippen molar-refractivity contribution in [1.82, 2.24) is 0 Å². The lowest BCUT2D eigenvalue weighted by molar-refractivity contribution is -0.546. The standard InChI is InChI=1S/C21H24ClFNO2/c1-25-20-12-15-9-11-24(14-16-6-3-4-7-18(16)23)19(8-5-10-22)17(15)13-21(20)26-2/h3-4,6-7,12-13H,5,8-11,14H2,1-2H3/q+1. The Morgan fingerprint density at radius 2 is 1.85 bits per heavy atom. The number of fused-ring (bicyclic) bond motifs is 1. The fourth-order valence-electron chi connectivity index (χ4n) is 3.49. The first-order valence-electron chi connectivity index (χ1n) is 8.83. The van der Waals surface area contributed by atoms with E-state index in [1.807, 2.05) is 18.2 Å².